The van der Waals surface area contributed by atoms with E-state index >= 15 is 0 Å². The van der Waals surface area contributed by atoms with Crippen molar-refractivity contribution in [3.63, 3.8) is 0 Å². The molecule has 4 rings (SSSR count). The normalized spacial score (nSPS) is 11.3. The minimum Gasteiger partial charge on any atom is -0.396 e. The lowest BCUT2D eigenvalue weighted by molar-refractivity contribution is 0.393. The molecule has 0 bridgehead atoms. The van der Waals surface area contributed by atoms with Gasteiger partial charge in [-0.15, -0.1) is 0 Å². The number of fused-ring (bicyclic) bond motifs is 1. The third kappa shape index (κ3) is 2.66. The van der Waals surface area contributed by atoms with Gasteiger partial charge in [0.2, 0.25) is 0 Å². The Balaban J connectivity index is 2.05. The highest BCUT2D eigenvalue weighted by Gasteiger charge is 2.17. The summed E-state index contributed by atoms with van der Waals surface area (Å²) in [5.41, 5.74) is 7.17. The molecule has 3 aromatic heterocycles. The van der Waals surface area contributed by atoms with Crippen molar-refractivity contribution in [2.75, 3.05) is 5.73 Å². The molecule has 8 heteroatoms. The van der Waals surface area contributed by atoms with E-state index in [-0.39, 0.29) is 27.8 Å². The fourth-order valence-electron chi connectivity index (χ4n) is 3.05. The van der Waals surface area contributed by atoms with E-state index in [1.165, 1.54) is 22.9 Å². The first-order chi connectivity index (χ1) is 12.9. The quantitative estimate of drug-likeness (QED) is 0.547. The zero-order valence-corrected chi connectivity index (χ0v) is 14.5. The van der Waals surface area contributed by atoms with Gasteiger partial charge in [0, 0.05) is 18.3 Å². The van der Waals surface area contributed by atoms with Crippen LogP contribution in [0.25, 0.3) is 28.0 Å². The number of aryl methyl sites for hydroxylation is 2. The maximum Gasteiger partial charge on any atom is 0.191 e. The molecule has 0 aliphatic carbocycles. The van der Waals surface area contributed by atoms with E-state index in [0.717, 1.165) is 0 Å². The topological polar surface area (TPSA) is 86.9 Å². The van der Waals surface area contributed by atoms with Crippen LogP contribution in [0.2, 0.25) is 0 Å². The fraction of sp³-hybridized carbons (Fsp3) is 0.105. The van der Waals surface area contributed by atoms with E-state index in [4.69, 9.17) is 10.3 Å². The highest BCUT2D eigenvalue weighted by molar-refractivity contribution is 5.81. The second-order valence-electron chi connectivity index (χ2n) is 6.14. The first kappa shape index (κ1) is 16.9. The first-order valence-corrected chi connectivity index (χ1v) is 8.07. The van der Waals surface area contributed by atoms with E-state index in [1.54, 1.807) is 26.0 Å². The number of nitrogens with zero attached hydrogens (tertiary/aromatic N) is 3. The van der Waals surface area contributed by atoms with Crippen molar-refractivity contribution >= 4 is 16.7 Å². The summed E-state index contributed by atoms with van der Waals surface area (Å²) in [5, 5.41) is 4.19. The van der Waals surface area contributed by atoms with Gasteiger partial charge in [-0.05, 0) is 32.0 Å². The van der Waals surface area contributed by atoms with Crippen molar-refractivity contribution in [2.24, 2.45) is 0 Å². The first-order valence-electron chi connectivity index (χ1n) is 8.07. The van der Waals surface area contributed by atoms with Crippen molar-refractivity contribution in [1.29, 1.82) is 0 Å². The average Bonchev–Trinajstić information content (AvgIpc) is 2.97. The van der Waals surface area contributed by atoms with Crippen molar-refractivity contribution in [1.82, 2.24) is 14.7 Å². The van der Waals surface area contributed by atoms with E-state index in [2.05, 4.69) is 10.1 Å². The number of rotatable bonds is 2. The van der Waals surface area contributed by atoms with Crippen LogP contribution >= 0.6 is 0 Å². The maximum atomic E-state index is 14.4. The number of nitrogens with two attached hydrogens (primary N) is 1. The van der Waals surface area contributed by atoms with Gasteiger partial charge in [0.1, 0.15) is 23.0 Å². The van der Waals surface area contributed by atoms with Crippen LogP contribution in [0.5, 0.6) is 0 Å². The molecule has 0 amide bonds. The molecule has 2 N–H and O–H groups in total. The predicted octanol–water partition coefficient (Wildman–Crippen LogP) is 3.52. The number of nitrogen functional groups attached to an aromatic ring is 1. The lowest BCUT2D eigenvalue weighted by Crippen LogP contribution is -2.10. The van der Waals surface area contributed by atoms with Crippen LogP contribution in [0.3, 0.4) is 0 Å². The molecular weight excluding hydrogens is 354 g/mol. The van der Waals surface area contributed by atoms with Crippen molar-refractivity contribution in [3.05, 3.63) is 69.8 Å². The minimum absolute atomic E-state index is 0.0117. The van der Waals surface area contributed by atoms with Gasteiger partial charge in [-0.3, -0.25) is 9.36 Å². The van der Waals surface area contributed by atoms with Crippen LogP contribution in [0.4, 0.5) is 14.5 Å². The van der Waals surface area contributed by atoms with Gasteiger partial charge in [0.05, 0.1) is 33.7 Å². The Morgan fingerprint density at radius 2 is 1.89 bits per heavy atom. The molecule has 0 radical (unpaired) electrons. The summed E-state index contributed by atoms with van der Waals surface area (Å²) in [6, 6.07) is 6.44. The number of aromatic nitrogens is 3. The Hall–Kier alpha value is -3.55. The number of anilines is 1. The third-order valence-corrected chi connectivity index (χ3v) is 4.36. The molecular formula is C19H14F2N4O2. The SMILES string of the molecule is Cc1noc(C)c1-c1ccc2c(=O)ccn(-c3cc(N)c(F)cc3F)c2n1. The molecule has 136 valence electrons. The van der Waals surface area contributed by atoms with Crippen LogP contribution in [0, 0.1) is 25.5 Å². The van der Waals surface area contributed by atoms with Gasteiger partial charge < -0.3 is 10.3 Å². The molecule has 1 aromatic carbocycles. The molecule has 4 aromatic rings. The summed E-state index contributed by atoms with van der Waals surface area (Å²) >= 11 is 0. The van der Waals surface area contributed by atoms with Crippen LogP contribution in [0.15, 0.2) is 45.8 Å². The maximum absolute atomic E-state index is 14.4. The van der Waals surface area contributed by atoms with Gasteiger partial charge in [-0.1, -0.05) is 5.16 Å². The lowest BCUT2D eigenvalue weighted by atomic mass is 10.1. The van der Waals surface area contributed by atoms with E-state index in [1.807, 2.05) is 0 Å². The number of hydrogen-bond acceptors (Lipinski definition) is 5. The third-order valence-electron chi connectivity index (χ3n) is 4.36. The number of pyridine rings is 2. The summed E-state index contributed by atoms with van der Waals surface area (Å²) in [6.07, 6.45) is 1.38. The van der Waals surface area contributed by atoms with Crippen LogP contribution in [-0.2, 0) is 0 Å². The molecule has 0 spiro atoms. The Bertz CT molecular complexity index is 1240. The second kappa shape index (κ2) is 6.01. The standard InChI is InChI=1S/C19H14F2N4O2/c1-9-18(10(2)27-24-9)15-4-3-11-17(26)5-6-25(19(11)23-15)16-8-14(22)12(20)7-13(16)21/h3-8H,22H2,1-2H3. The van der Waals surface area contributed by atoms with E-state index in [9.17, 15) is 13.6 Å². The molecule has 0 fully saturated rings. The summed E-state index contributed by atoms with van der Waals surface area (Å²) in [4.78, 5) is 16.8. The number of benzene rings is 1. The highest BCUT2D eigenvalue weighted by atomic mass is 19.1. The minimum atomic E-state index is -0.856. The van der Waals surface area contributed by atoms with Crippen molar-refractivity contribution in [3.8, 4) is 16.9 Å². The molecule has 0 aliphatic rings. The Morgan fingerprint density at radius 3 is 2.59 bits per heavy atom. The molecule has 0 unspecified atom stereocenters. The van der Waals surface area contributed by atoms with Gasteiger partial charge in [-0.2, -0.15) is 0 Å². The van der Waals surface area contributed by atoms with Crippen LogP contribution in [-0.4, -0.2) is 14.7 Å². The molecule has 27 heavy (non-hydrogen) atoms. The van der Waals surface area contributed by atoms with Gasteiger partial charge in [-0.25, -0.2) is 13.8 Å². The van der Waals surface area contributed by atoms with Crippen LogP contribution < -0.4 is 11.2 Å². The predicted molar refractivity (Wildman–Crippen MR) is 96.6 cm³/mol. The summed E-state index contributed by atoms with van der Waals surface area (Å²) in [7, 11) is 0. The summed E-state index contributed by atoms with van der Waals surface area (Å²) < 4.78 is 34.5. The Morgan fingerprint density at radius 1 is 1.11 bits per heavy atom. The molecule has 0 aliphatic heterocycles. The monoisotopic (exact) mass is 368 g/mol. The lowest BCUT2D eigenvalue weighted by Gasteiger charge is -2.13. The fourth-order valence-corrected chi connectivity index (χ4v) is 3.05. The number of hydrogen-bond donors (Lipinski definition) is 1. The number of halogens is 2. The second-order valence-corrected chi connectivity index (χ2v) is 6.14. The summed E-state index contributed by atoms with van der Waals surface area (Å²) in [6.45, 7) is 3.52. The largest absolute Gasteiger partial charge is 0.396 e. The molecule has 3 heterocycles. The van der Waals surface area contributed by atoms with Crippen LogP contribution in [0.1, 0.15) is 11.5 Å². The Kier molecular flexibility index (Phi) is 3.76. The summed E-state index contributed by atoms with van der Waals surface area (Å²) in [5.74, 6) is -1.11. The van der Waals surface area contributed by atoms with E-state index < -0.39 is 11.6 Å². The highest BCUT2D eigenvalue weighted by Crippen LogP contribution is 2.28. The average molecular weight is 368 g/mol. The van der Waals surface area contributed by atoms with Gasteiger partial charge in [0.25, 0.3) is 0 Å². The van der Waals surface area contributed by atoms with Gasteiger partial charge >= 0.3 is 0 Å². The van der Waals surface area contributed by atoms with Crippen molar-refractivity contribution in [2.45, 2.75) is 13.8 Å². The van der Waals surface area contributed by atoms with Gasteiger partial charge in [0.15, 0.2) is 5.43 Å². The van der Waals surface area contributed by atoms with Crippen molar-refractivity contribution < 1.29 is 13.3 Å². The Labute approximate surface area is 151 Å². The van der Waals surface area contributed by atoms with E-state index in [0.29, 0.717) is 28.8 Å². The molecule has 6 nitrogen and oxygen atoms in total. The zero-order valence-electron chi connectivity index (χ0n) is 14.5. The molecule has 0 saturated heterocycles. The zero-order chi connectivity index (χ0) is 19.3. The molecule has 0 atom stereocenters. The molecule has 0 saturated carbocycles. The smallest absolute Gasteiger partial charge is 0.191 e.